The number of rotatable bonds is 9. The van der Waals surface area contributed by atoms with E-state index < -0.39 is 43.0 Å². The monoisotopic (exact) mass is 472 g/mol. The number of hydrogen-bond donors (Lipinski definition) is 2. The molecule has 3 amide bonds. The highest BCUT2D eigenvalue weighted by molar-refractivity contribution is 6.05. The molecule has 0 saturated carbocycles. The van der Waals surface area contributed by atoms with E-state index >= 15 is 0 Å². The van der Waals surface area contributed by atoms with Crippen molar-refractivity contribution in [2.45, 2.75) is 12.7 Å². The van der Waals surface area contributed by atoms with E-state index in [-0.39, 0.29) is 17.1 Å². The van der Waals surface area contributed by atoms with Crippen LogP contribution in [-0.2, 0) is 14.3 Å². The Balaban J connectivity index is 1.58. The fourth-order valence-corrected chi connectivity index (χ4v) is 2.78. The molecule has 1 heterocycles. The molecule has 0 bridgehead atoms. The van der Waals surface area contributed by atoms with Gasteiger partial charge in [-0.3, -0.25) is 19.7 Å². The number of nitrogens with one attached hydrogen (secondary N) is 2. The smallest absolute Gasteiger partial charge is 0.387 e. The van der Waals surface area contributed by atoms with E-state index in [4.69, 9.17) is 9.15 Å². The van der Waals surface area contributed by atoms with E-state index in [1.165, 1.54) is 30.5 Å². The number of carbonyl (C=O) groups excluding carboxylic acids is 4. The molecular weight excluding hydrogens is 454 g/mol. The summed E-state index contributed by atoms with van der Waals surface area (Å²) in [5.41, 5.74) is 0.393. The van der Waals surface area contributed by atoms with Gasteiger partial charge in [-0.05, 0) is 42.0 Å². The van der Waals surface area contributed by atoms with Gasteiger partial charge >= 0.3 is 12.6 Å². The highest BCUT2D eigenvalue weighted by atomic mass is 19.3. The van der Waals surface area contributed by atoms with Crippen LogP contribution in [0.3, 0.4) is 0 Å². The summed E-state index contributed by atoms with van der Waals surface area (Å²) in [5, 5.41) is 4.48. The standard InChI is InChI=1S/C23H18F2N2O7/c24-23(25)34-16-10-8-15(9-11-16)20(29)26-18(28)13-33-22(31)19(14-5-2-1-3-6-14)27-21(30)17-7-4-12-32-17/h1-12,19,23H,13H2,(H,27,30)(H,26,28,29). The second-order valence-corrected chi connectivity index (χ2v) is 6.68. The largest absolute Gasteiger partial charge is 0.459 e. The molecule has 0 saturated heterocycles. The van der Waals surface area contributed by atoms with Gasteiger partial charge in [-0.15, -0.1) is 0 Å². The zero-order valence-corrected chi connectivity index (χ0v) is 17.4. The number of furan rings is 1. The molecule has 9 nitrogen and oxygen atoms in total. The van der Waals surface area contributed by atoms with Crippen LogP contribution in [0.25, 0.3) is 0 Å². The van der Waals surface area contributed by atoms with E-state index in [1.54, 1.807) is 30.3 Å². The molecule has 176 valence electrons. The van der Waals surface area contributed by atoms with Gasteiger partial charge in [-0.2, -0.15) is 8.78 Å². The van der Waals surface area contributed by atoms with Crippen molar-refractivity contribution in [2.75, 3.05) is 6.61 Å². The van der Waals surface area contributed by atoms with Crippen LogP contribution in [0.5, 0.6) is 5.75 Å². The number of imide groups is 1. The number of carbonyl (C=O) groups is 4. The molecule has 3 aromatic rings. The van der Waals surface area contributed by atoms with Crippen LogP contribution in [0, 0.1) is 0 Å². The first kappa shape index (κ1) is 24.1. The number of hydrogen-bond acceptors (Lipinski definition) is 7. The van der Waals surface area contributed by atoms with Crippen LogP contribution >= 0.6 is 0 Å². The normalized spacial score (nSPS) is 11.4. The highest BCUT2D eigenvalue weighted by Gasteiger charge is 2.26. The quantitative estimate of drug-likeness (QED) is 0.459. The summed E-state index contributed by atoms with van der Waals surface area (Å²) < 4.78 is 38.6. The van der Waals surface area contributed by atoms with Crippen molar-refractivity contribution in [1.82, 2.24) is 10.6 Å². The van der Waals surface area contributed by atoms with Gasteiger partial charge in [0.25, 0.3) is 17.7 Å². The minimum absolute atomic E-state index is 0.00540. The number of esters is 1. The Kier molecular flexibility index (Phi) is 8.06. The minimum atomic E-state index is -3.01. The maximum atomic E-state index is 12.6. The topological polar surface area (TPSA) is 124 Å². The van der Waals surface area contributed by atoms with Gasteiger partial charge in [0.1, 0.15) is 5.75 Å². The third-order valence-corrected chi connectivity index (χ3v) is 4.33. The molecule has 1 atom stereocenters. The lowest BCUT2D eigenvalue weighted by Crippen LogP contribution is -2.38. The Morgan fingerprint density at radius 2 is 1.59 bits per heavy atom. The number of halogens is 2. The number of benzene rings is 2. The van der Waals surface area contributed by atoms with Crippen molar-refractivity contribution in [3.63, 3.8) is 0 Å². The molecule has 0 aliphatic carbocycles. The molecule has 11 heteroatoms. The maximum absolute atomic E-state index is 12.6. The fraction of sp³-hybridized carbons (Fsp3) is 0.130. The first-order chi connectivity index (χ1) is 16.3. The molecule has 0 aliphatic rings. The lowest BCUT2D eigenvalue weighted by atomic mass is 10.1. The van der Waals surface area contributed by atoms with Gasteiger partial charge in [0.05, 0.1) is 6.26 Å². The Morgan fingerprint density at radius 1 is 0.882 bits per heavy atom. The third-order valence-electron chi connectivity index (χ3n) is 4.33. The van der Waals surface area contributed by atoms with Crippen molar-refractivity contribution >= 4 is 23.7 Å². The van der Waals surface area contributed by atoms with Crippen molar-refractivity contribution in [2.24, 2.45) is 0 Å². The number of alkyl halides is 2. The van der Waals surface area contributed by atoms with Crippen LogP contribution in [0.4, 0.5) is 8.78 Å². The summed E-state index contributed by atoms with van der Waals surface area (Å²) in [5.74, 6) is -3.57. The molecule has 2 aromatic carbocycles. The predicted octanol–water partition coefficient (Wildman–Crippen LogP) is 2.85. The second-order valence-electron chi connectivity index (χ2n) is 6.68. The Hall–Kier alpha value is -4.54. The average Bonchev–Trinajstić information content (AvgIpc) is 3.37. The van der Waals surface area contributed by atoms with Crippen LogP contribution in [-0.4, -0.2) is 36.9 Å². The van der Waals surface area contributed by atoms with Gasteiger partial charge in [-0.25, -0.2) is 4.79 Å². The van der Waals surface area contributed by atoms with Crippen LogP contribution < -0.4 is 15.4 Å². The van der Waals surface area contributed by atoms with Gasteiger partial charge in [0.2, 0.25) is 0 Å². The molecule has 0 fully saturated rings. The predicted molar refractivity (Wildman–Crippen MR) is 112 cm³/mol. The summed E-state index contributed by atoms with van der Waals surface area (Å²) in [4.78, 5) is 49.2. The van der Waals surface area contributed by atoms with Crippen LogP contribution in [0.2, 0.25) is 0 Å². The van der Waals surface area contributed by atoms with Crippen molar-refractivity contribution in [3.05, 3.63) is 89.9 Å². The lowest BCUT2D eigenvalue weighted by Gasteiger charge is -2.17. The van der Waals surface area contributed by atoms with Gasteiger partial charge in [0.15, 0.2) is 18.4 Å². The summed E-state index contributed by atoms with van der Waals surface area (Å²) >= 11 is 0. The molecule has 1 unspecified atom stereocenters. The van der Waals surface area contributed by atoms with E-state index in [1.807, 2.05) is 5.32 Å². The summed E-state index contributed by atoms with van der Waals surface area (Å²) in [6, 6.07) is 14.5. The van der Waals surface area contributed by atoms with Crippen molar-refractivity contribution in [1.29, 1.82) is 0 Å². The van der Waals surface area contributed by atoms with Gasteiger partial charge in [-0.1, -0.05) is 30.3 Å². The van der Waals surface area contributed by atoms with Crippen molar-refractivity contribution in [3.8, 4) is 5.75 Å². The van der Waals surface area contributed by atoms with E-state index in [2.05, 4.69) is 10.1 Å². The second kappa shape index (κ2) is 11.4. The average molecular weight is 472 g/mol. The highest BCUT2D eigenvalue weighted by Crippen LogP contribution is 2.17. The van der Waals surface area contributed by atoms with Crippen LogP contribution in [0.15, 0.2) is 77.4 Å². The molecule has 0 spiro atoms. The summed E-state index contributed by atoms with van der Waals surface area (Å²) in [7, 11) is 0. The number of ether oxygens (including phenoxy) is 2. The molecule has 0 radical (unpaired) electrons. The minimum Gasteiger partial charge on any atom is -0.459 e. The summed E-state index contributed by atoms with van der Waals surface area (Å²) in [6.07, 6.45) is 1.30. The van der Waals surface area contributed by atoms with E-state index in [0.717, 1.165) is 12.1 Å². The zero-order chi connectivity index (χ0) is 24.5. The Labute approximate surface area is 191 Å². The van der Waals surface area contributed by atoms with E-state index in [9.17, 15) is 28.0 Å². The van der Waals surface area contributed by atoms with E-state index in [0.29, 0.717) is 5.56 Å². The SMILES string of the molecule is O=C(COC(=O)C(NC(=O)c1ccco1)c1ccccc1)NC(=O)c1ccc(OC(F)F)cc1. The zero-order valence-electron chi connectivity index (χ0n) is 17.4. The lowest BCUT2D eigenvalue weighted by molar-refractivity contribution is -0.150. The molecule has 0 aliphatic heterocycles. The van der Waals surface area contributed by atoms with Gasteiger partial charge in [0, 0.05) is 5.56 Å². The summed E-state index contributed by atoms with van der Waals surface area (Å²) in [6.45, 7) is -3.82. The van der Waals surface area contributed by atoms with Gasteiger partial charge < -0.3 is 19.2 Å². The molecule has 34 heavy (non-hydrogen) atoms. The Morgan fingerprint density at radius 3 is 2.21 bits per heavy atom. The Bertz CT molecular complexity index is 1130. The first-order valence-electron chi connectivity index (χ1n) is 9.78. The molecule has 2 N–H and O–H groups in total. The number of amides is 3. The fourth-order valence-electron chi connectivity index (χ4n) is 2.78. The maximum Gasteiger partial charge on any atom is 0.387 e. The third kappa shape index (κ3) is 6.73. The molecular formula is C23H18F2N2O7. The van der Waals surface area contributed by atoms with Crippen LogP contribution in [0.1, 0.15) is 32.5 Å². The molecule has 1 aromatic heterocycles. The first-order valence-corrected chi connectivity index (χ1v) is 9.78. The molecule has 3 rings (SSSR count). The van der Waals surface area contributed by atoms with Crippen molar-refractivity contribution < 1.29 is 41.8 Å².